The van der Waals surface area contributed by atoms with Crippen LogP contribution < -0.4 is 5.56 Å². The molecule has 9 nitrogen and oxygen atoms in total. The molecule has 1 aliphatic rings. The van der Waals surface area contributed by atoms with Crippen molar-refractivity contribution in [3.05, 3.63) is 75.7 Å². The van der Waals surface area contributed by atoms with Crippen LogP contribution >= 0.6 is 0 Å². The summed E-state index contributed by atoms with van der Waals surface area (Å²) in [6.45, 7) is 8.67. The van der Waals surface area contributed by atoms with Gasteiger partial charge in [0.1, 0.15) is 5.76 Å². The Morgan fingerprint density at radius 2 is 2.11 bits per heavy atom. The average Bonchev–Trinajstić information content (AvgIpc) is 3.59. The van der Waals surface area contributed by atoms with Crippen LogP contribution in [0.1, 0.15) is 55.4 Å². The number of aromatic nitrogens is 5. The first kappa shape index (κ1) is 23.4. The molecule has 3 aromatic heterocycles. The summed E-state index contributed by atoms with van der Waals surface area (Å²) in [6, 6.07) is 11.8. The molecule has 5 rings (SSSR count). The number of aromatic amines is 1. The monoisotopic (exact) mass is 476 g/mol. The first-order chi connectivity index (χ1) is 17.0. The van der Waals surface area contributed by atoms with Crippen molar-refractivity contribution in [2.45, 2.75) is 65.4 Å². The van der Waals surface area contributed by atoms with E-state index in [0.29, 0.717) is 25.2 Å². The molecule has 0 saturated carbocycles. The molecule has 1 N–H and O–H groups in total. The average molecular weight is 477 g/mol. The van der Waals surface area contributed by atoms with Gasteiger partial charge in [0.25, 0.3) is 5.56 Å². The maximum Gasteiger partial charge on any atom is 0.252 e. The van der Waals surface area contributed by atoms with Gasteiger partial charge in [-0.1, -0.05) is 26.0 Å². The van der Waals surface area contributed by atoms with Gasteiger partial charge < -0.3 is 14.1 Å². The zero-order valence-corrected chi connectivity index (χ0v) is 20.5. The Morgan fingerprint density at radius 3 is 2.86 bits per heavy atom. The zero-order chi connectivity index (χ0) is 24.4. The van der Waals surface area contributed by atoms with E-state index in [-0.39, 0.29) is 23.6 Å². The molecule has 4 aromatic rings. The van der Waals surface area contributed by atoms with Gasteiger partial charge in [-0.25, -0.2) is 4.68 Å². The Labute approximate surface area is 204 Å². The summed E-state index contributed by atoms with van der Waals surface area (Å²) >= 11 is 0. The van der Waals surface area contributed by atoms with Gasteiger partial charge in [-0.2, -0.15) is 0 Å². The van der Waals surface area contributed by atoms with Gasteiger partial charge in [-0.3, -0.25) is 9.69 Å². The zero-order valence-electron chi connectivity index (χ0n) is 20.5. The first-order valence-corrected chi connectivity index (χ1v) is 12.2. The van der Waals surface area contributed by atoms with Gasteiger partial charge in [-0.05, 0) is 71.3 Å². The molecule has 0 amide bonds. The van der Waals surface area contributed by atoms with Crippen molar-refractivity contribution in [1.82, 2.24) is 30.1 Å². The highest BCUT2D eigenvalue weighted by atomic mass is 16.5. The summed E-state index contributed by atoms with van der Waals surface area (Å²) in [5, 5.41) is 13.8. The minimum atomic E-state index is -0.135. The van der Waals surface area contributed by atoms with Crippen LogP contribution in [0, 0.1) is 12.8 Å². The van der Waals surface area contributed by atoms with Crippen LogP contribution in [-0.4, -0.2) is 42.8 Å². The fourth-order valence-corrected chi connectivity index (χ4v) is 4.97. The predicted octanol–water partition coefficient (Wildman–Crippen LogP) is 3.99. The van der Waals surface area contributed by atoms with E-state index < -0.39 is 0 Å². The number of ether oxygens (including phenoxy) is 1. The van der Waals surface area contributed by atoms with Crippen LogP contribution in [0.25, 0.3) is 10.9 Å². The Morgan fingerprint density at radius 1 is 1.23 bits per heavy atom. The van der Waals surface area contributed by atoms with Gasteiger partial charge in [0.15, 0.2) is 5.82 Å². The predicted molar refractivity (Wildman–Crippen MR) is 132 cm³/mol. The summed E-state index contributed by atoms with van der Waals surface area (Å²) in [7, 11) is 0. The van der Waals surface area contributed by atoms with Crippen molar-refractivity contribution in [2.24, 2.45) is 5.92 Å². The molecule has 9 heteroatoms. The number of nitrogens with zero attached hydrogens (tertiary/aromatic N) is 5. The number of hydrogen-bond donors (Lipinski definition) is 1. The van der Waals surface area contributed by atoms with Gasteiger partial charge in [0.2, 0.25) is 0 Å². The van der Waals surface area contributed by atoms with Crippen LogP contribution in [0.2, 0.25) is 0 Å². The van der Waals surface area contributed by atoms with Crippen molar-refractivity contribution in [1.29, 1.82) is 0 Å². The van der Waals surface area contributed by atoms with E-state index in [1.54, 1.807) is 6.26 Å². The minimum Gasteiger partial charge on any atom is -0.468 e. The largest absolute Gasteiger partial charge is 0.468 e. The minimum absolute atomic E-state index is 0.0889. The van der Waals surface area contributed by atoms with Gasteiger partial charge in [-0.15, -0.1) is 5.10 Å². The summed E-state index contributed by atoms with van der Waals surface area (Å²) in [5.41, 5.74) is 2.56. The lowest BCUT2D eigenvalue weighted by Gasteiger charge is -2.33. The van der Waals surface area contributed by atoms with Crippen molar-refractivity contribution in [3.8, 4) is 0 Å². The molecule has 0 spiro atoms. The van der Waals surface area contributed by atoms with Crippen molar-refractivity contribution in [2.75, 3.05) is 6.61 Å². The quantitative estimate of drug-likeness (QED) is 0.390. The highest BCUT2D eigenvalue weighted by Gasteiger charge is 2.31. The third-order valence-electron chi connectivity index (χ3n) is 6.64. The second kappa shape index (κ2) is 10.1. The number of tetrazole rings is 1. The van der Waals surface area contributed by atoms with Crippen molar-refractivity contribution in [3.63, 3.8) is 0 Å². The molecule has 0 unspecified atom stereocenters. The summed E-state index contributed by atoms with van der Waals surface area (Å²) in [5.74, 6) is 1.78. The van der Waals surface area contributed by atoms with Crippen LogP contribution in [0.4, 0.5) is 0 Å². The summed E-state index contributed by atoms with van der Waals surface area (Å²) in [4.78, 5) is 18.4. The second-order valence-electron chi connectivity index (χ2n) is 9.74. The Bertz CT molecular complexity index is 1320. The first-order valence-electron chi connectivity index (χ1n) is 12.2. The highest BCUT2D eigenvalue weighted by Crippen LogP contribution is 2.31. The highest BCUT2D eigenvalue weighted by molar-refractivity contribution is 5.79. The Balaban J connectivity index is 1.51. The number of furan rings is 1. The molecule has 1 saturated heterocycles. The third kappa shape index (κ3) is 5.21. The molecule has 35 heavy (non-hydrogen) atoms. The molecule has 0 bridgehead atoms. The van der Waals surface area contributed by atoms with E-state index in [1.807, 2.05) is 41.9 Å². The molecule has 1 aromatic carbocycles. The Hall–Kier alpha value is -3.30. The SMILES string of the molecule is Cc1ccc2cc(CN(Cc3ccco3)[C@H](c3nnnn3C[C@H]3CCCO3)C(C)C)c(=O)[nH]c2c1. The summed E-state index contributed by atoms with van der Waals surface area (Å²) in [6.07, 6.45) is 3.86. The maximum absolute atomic E-state index is 13.1. The van der Waals surface area contributed by atoms with Crippen LogP contribution in [0.15, 0.2) is 51.9 Å². The van der Waals surface area contributed by atoms with E-state index >= 15 is 0 Å². The number of aryl methyl sites for hydroxylation is 1. The van der Waals surface area contributed by atoms with Gasteiger partial charge in [0.05, 0.1) is 31.5 Å². The Kier molecular flexibility index (Phi) is 6.79. The van der Waals surface area contributed by atoms with E-state index in [2.05, 4.69) is 45.3 Å². The smallest absolute Gasteiger partial charge is 0.252 e. The molecular formula is C26H32N6O3. The molecule has 4 heterocycles. The lowest BCUT2D eigenvalue weighted by molar-refractivity contribution is 0.0836. The number of pyridine rings is 1. The topological polar surface area (TPSA) is 102 Å². The van der Waals surface area contributed by atoms with Gasteiger partial charge >= 0.3 is 0 Å². The number of hydrogen-bond acceptors (Lipinski definition) is 7. The fraction of sp³-hybridized carbons (Fsp3) is 0.462. The number of nitrogens with one attached hydrogen (secondary N) is 1. The van der Waals surface area contributed by atoms with Crippen LogP contribution in [0.5, 0.6) is 0 Å². The van der Waals surface area contributed by atoms with E-state index in [4.69, 9.17) is 9.15 Å². The van der Waals surface area contributed by atoms with Crippen LogP contribution in [-0.2, 0) is 24.4 Å². The van der Waals surface area contributed by atoms with Gasteiger partial charge in [0, 0.05) is 24.2 Å². The third-order valence-corrected chi connectivity index (χ3v) is 6.64. The van der Waals surface area contributed by atoms with E-state index in [0.717, 1.165) is 47.5 Å². The molecule has 2 atom stereocenters. The number of H-pyrrole nitrogens is 1. The normalized spacial score (nSPS) is 17.1. The number of benzene rings is 1. The number of fused-ring (bicyclic) bond motifs is 1. The molecule has 1 aliphatic heterocycles. The lowest BCUT2D eigenvalue weighted by Crippen LogP contribution is -2.35. The standard InChI is InChI=1S/C26H32N6O3/c1-17(2)24(25-28-29-30-32(25)16-22-7-5-11-35-22)31(15-21-6-4-10-34-21)14-20-13-19-9-8-18(3)12-23(19)27-26(20)33/h4,6,8-10,12-13,17,22,24H,5,7,11,14-16H2,1-3H3,(H,27,33)/t22-,24+/m1/s1. The molecule has 0 aliphatic carbocycles. The maximum atomic E-state index is 13.1. The van der Waals surface area contributed by atoms with Crippen molar-refractivity contribution >= 4 is 10.9 Å². The molecule has 0 radical (unpaired) electrons. The van der Waals surface area contributed by atoms with E-state index in [1.165, 1.54) is 0 Å². The fourth-order valence-electron chi connectivity index (χ4n) is 4.97. The molecule has 184 valence electrons. The second-order valence-corrected chi connectivity index (χ2v) is 9.74. The lowest BCUT2D eigenvalue weighted by atomic mass is 10.00. The summed E-state index contributed by atoms with van der Waals surface area (Å²) < 4.78 is 13.4. The van der Waals surface area contributed by atoms with E-state index in [9.17, 15) is 4.79 Å². The molecule has 1 fully saturated rings. The van der Waals surface area contributed by atoms with Crippen LogP contribution in [0.3, 0.4) is 0 Å². The van der Waals surface area contributed by atoms with Crippen molar-refractivity contribution < 1.29 is 9.15 Å². The number of rotatable bonds is 9. The molecular weight excluding hydrogens is 444 g/mol.